The van der Waals surface area contributed by atoms with Crippen molar-refractivity contribution in [1.82, 2.24) is 9.55 Å². The summed E-state index contributed by atoms with van der Waals surface area (Å²) in [4.78, 5) is 16.5. The summed E-state index contributed by atoms with van der Waals surface area (Å²) in [6.45, 7) is 2.29. The van der Waals surface area contributed by atoms with E-state index in [0.717, 1.165) is 22.2 Å². The lowest BCUT2D eigenvalue weighted by Gasteiger charge is -2.06. The van der Waals surface area contributed by atoms with Gasteiger partial charge < -0.3 is 4.57 Å². The van der Waals surface area contributed by atoms with Crippen LogP contribution in [0.4, 0.5) is 0 Å². The van der Waals surface area contributed by atoms with E-state index in [1.54, 1.807) is 6.33 Å². The molecule has 3 rings (SSSR count). The highest BCUT2D eigenvalue weighted by Gasteiger charge is 2.10. The molecule has 0 amide bonds. The average Bonchev–Trinajstić information content (AvgIpc) is 2.85. The molecule has 21 heavy (non-hydrogen) atoms. The molecule has 0 aliphatic rings. The monoisotopic (exact) mass is 298 g/mol. The van der Waals surface area contributed by atoms with Gasteiger partial charge in [-0.1, -0.05) is 35.9 Å². The number of rotatable bonds is 4. The van der Waals surface area contributed by atoms with Crippen LogP contribution in [0.25, 0.3) is 11.0 Å². The van der Waals surface area contributed by atoms with Crippen molar-refractivity contribution in [3.63, 3.8) is 0 Å². The number of nitrogens with zero attached hydrogens (tertiary/aromatic N) is 2. The number of fused-ring (bicyclic) bond motifs is 1. The van der Waals surface area contributed by atoms with E-state index >= 15 is 0 Å². The number of carbonyl (C=O) groups is 1. The number of imidazole rings is 1. The van der Waals surface area contributed by atoms with Crippen molar-refractivity contribution in [2.75, 3.05) is 0 Å². The Morgan fingerprint density at radius 1 is 1.24 bits per heavy atom. The molecule has 1 aromatic heterocycles. The Bertz CT molecular complexity index is 807. The van der Waals surface area contributed by atoms with Crippen LogP contribution in [0.15, 0.2) is 48.8 Å². The maximum atomic E-state index is 12.3. The fourth-order valence-corrected chi connectivity index (χ4v) is 2.69. The summed E-state index contributed by atoms with van der Waals surface area (Å²) in [5, 5.41) is 0.652. The van der Waals surface area contributed by atoms with Gasteiger partial charge in [0.05, 0.1) is 23.9 Å². The predicted octanol–water partition coefficient (Wildman–Crippen LogP) is 3.81. The number of para-hydroxylation sites is 2. The topological polar surface area (TPSA) is 34.9 Å². The van der Waals surface area contributed by atoms with E-state index < -0.39 is 0 Å². The van der Waals surface area contributed by atoms with Gasteiger partial charge in [0.1, 0.15) is 0 Å². The van der Waals surface area contributed by atoms with Gasteiger partial charge in [-0.25, -0.2) is 4.98 Å². The summed E-state index contributed by atoms with van der Waals surface area (Å²) in [5.41, 5.74) is 3.84. The standard InChI is InChI=1S/C17H15ClN2O/c1-12-6-7-13(15(18)8-12)9-14(21)10-20-11-19-16-4-2-3-5-17(16)20/h2-8,11H,9-10H2,1H3. The van der Waals surface area contributed by atoms with Crippen LogP contribution < -0.4 is 0 Å². The zero-order chi connectivity index (χ0) is 14.8. The lowest BCUT2D eigenvalue weighted by Crippen LogP contribution is -2.12. The van der Waals surface area contributed by atoms with Crippen LogP contribution in [-0.2, 0) is 17.8 Å². The highest BCUT2D eigenvalue weighted by atomic mass is 35.5. The van der Waals surface area contributed by atoms with Crippen LogP contribution in [-0.4, -0.2) is 15.3 Å². The number of Topliss-reactive ketones (excluding diaryl/α,β-unsaturated/α-hetero) is 1. The minimum atomic E-state index is 0.115. The number of benzene rings is 2. The van der Waals surface area contributed by atoms with Crippen LogP contribution in [0, 0.1) is 6.92 Å². The molecule has 0 saturated carbocycles. The predicted molar refractivity (Wildman–Crippen MR) is 84.6 cm³/mol. The molecule has 3 nitrogen and oxygen atoms in total. The van der Waals surface area contributed by atoms with Crippen LogP contribution in [0.2, 0.25) is 5.02 Å². The number of carbonyl (C=O) groups excluding carboxylic acids is 1. The molecular weight excluding hydrogens is 284 g/mol. The fraction of sp³-hybridized carbons (Fsp3) is 0.176. The molecule has 0 fully saturated rings. The molecule has 0 N–H and O–H groups in total. The second-order valence-electron chi connectivity index (χ2n) is 5.17. The third-order valence-electron chi connectivity index (χ3n) is 3.47. The van der Waals surface area contributed by atoms with E-state index in [1.165, 1.54) is 0 Å². The Balaban J connectivity index is 1.77. The molecule has 4 heteroatoms. The van der Waals surface area contributed by atoms with Crippen LogP contribution in [0.5, 0.6) is 0 Å². The van der Waals surface area contributed by atoms with Gasteiger partial charge in [0.2, 0.25) is 0 Å². The largest absolute Gasteiger partial charge is 0.323 e. The van der Waals surface area contributed by atoms with Crippen molar-refractivity contribution >= 4 is 28.4 Å². The Kier molecular flexibility index (Phi) is 3.76. The maximum absolute atomic E-state index is 12.3. The third kappa shape index (κ3) is 2.98. The van der Waals surface area contributed by atoms with Crippen molar-refractivity contribution < 1.29 is 4.79 Å². The quantitative estimate of drug-likeness (QED) is 0.734. The van der Waals surface area contributed by atoms with Gasteiger partial charge in [-0.2, -0.15) is 0 Å². The van der Waals surface area contributed by atoms with E-state index in [-0.39, 0.29) is 5.78 Å². The van der Waals surface area contributed by atoms with Gasteiger partial charge in [0.15, 0.2) is 5.78 Å². The third-order valence-corrected chi connectivity index (χ3v) is 3.82. The molecule has 1 heterocycles. The molecular formula is C17H15ClN2O. The van der Waals surface area contributed by atoms with E-state index in [2.05, 4.69) is 4.98 Å². The van der Waals surface area contributed by atoms with Gasteiger partial charge in [0, 0.05) is 11.4 Å². The Morgan fingerprint density at radius 2 is 2.05 bits per heavy atom. The normalized spacial score (nSPS) is 11.0. The van der Waals surface area contributed by atoms with Crippen molar-refractivity contribution in [2.45, 2.75) is 19.9 Å². The summed E-state index contributed by atoms with van der Waals surface area (Å²) < 4.78 is 1.87. The maximum Gasteiger partial charge on any atom is 0.156 e. The summed E-state index contributed by atoms with van der Waals surface area (Å²) in [6, 6.07) is 13.6. The number of aryl methyl sites for hydroxylation is 1. The van der Waals surface area contributed by atoms with E-state index in [0.29, 0.717) is 18.0 Å². The first-order valence-electron chi connectivity index (χ1n) is 6.80. The molecule has 0 radical (unpaired) electrons. The van der Waals surface area contributed by atoms with Crippen molar-refractivity contribution in [3.05, 3.63) is 64.9 Å². The first kappa shape index (κ1) is 13.8. The van der Waals surface area contributed by atoms with Gasteiger partial charge in [-0.3, -0.25) is 4.79 Å². The van der Waals surface area contributed by atoms with Crippen LogP contribution >= 0.6 is 11.6 Å². The molecule has 0 unspecified atom stereocenters. The van der Waals surface area contributed by atoms with Crippen LogP contribution in [0.1, 0.15) is 11.1 Å². The number of aromatic nitrogens is 2. The zero-order valence-corrected chi connectivity index (χ0v) is 12.5. The van der Waals surface area contributed by atoms with Crippen molar-refractivity contribution in [2.24, 2.45) is 0 Å². The van der Waals surface area contributed by atoms with E-state index in [1.807, 2.05) is 54.0 Å². The highest BCUT2D eigenvalue weighted by molar-refractivity contribution is 6.31. The first-order valence-corrected chi connectivity index (χ1v) is 7.18. The Morgan fingerprint density at radius 3 is 2.86 bits per heavy atom. The average molecular weight is 299 g/mol. The number of hydrogen-bond donors (Lipinski definition) is 0. The summed E-state index contributed by atoms with van der Waals surface area (Å²) in [7, 11) is 0. The van der Waals surface area contributed by atoms with Gasteiger partial charge in [-0.05, 0) is 36.2 Å². The summed E-state index contributed by atoms with van der Waals surface area (Å²) >= 11 is 6.18. The van der Waals surface area contributed by atoms with E-state index in [4.69, 9.17) is 11.6 Å². The molecule has 0 spiro atoms. The van der Waals surface area contributed by atoms with Crippen LogP contribution in [0.3, 0.4) is 0 Å². The first-order chi connectivity index (χ1) is 10.1. The summed E-state index contributed by atoms with van der Waals surface area (Å²) in [5.74, 6) is 0.115. The molecule has 0 atom stereocenters. The van der Waals surface area contributed by atoms with E-state index in [9.17, 15) is 4.79 Å². The molecule has 0 aliphatic carbocycles. The fourth-order valence-electron chi connectivity index (χ4n) is 2.39. The lowest BCUT2D eigenvalue weighted by molar-refractivity contribution is -0.118. The molecule has 0 saturated heterocycles. The lowest BCUT2D eigenvalue weighted by atomic mass is 10.1. The zero-order valence-electron chi connectivity index (χ0n) is 11.7. The second kappa shape index (κ2) is 5.70. The van der Waals surface area contributed by atoms with Gasteiger partial charge in [-0.15, -0.1) is 0 Å². The molecule has 3 aromatic rings. The molecule has 106 valence electrons. The minimum absolute atomic E-state index is 0.115. The number of halogens is 1. The highest BCUT2D eigenvalue weighted by Crippen LogP contribution is 2.19. The molecule has 0 aliphatic heterocycles. The Labute approximate surface area is 128 Å². The molecule has 2 aromatic carbocycles. The van der Waals surface area contributed by atoms with Crippen molar-refractivity contribution in [3.8, 4) is 0 Å². The number of hydrogen-bond acceptors (Lipinski definition) is 2. The minimum Gasteiger partial charge on any atom is -0.323 e. The second-order valence-corrected chi connectivity index (χ2v) is 5.58. The summed E-state index contributed by atoms with van der Waals surface area (Å²) in [6.07, 6.45) is 2.05. The SMILES string of the molecule is Cc1ccc(CC(=O)Cn2cnc3ccccc32)c(Cl)c1. The van der Waals surface area contributed by atoms with Gasteiger partial charge in [0.25, 0.3) is 0 Å². The number of ketones is 1. The molecule has 0 bridgehead atoms. The Hall–Kier alpha value is -2.13. The van der Waals surface area contributed by atoms with Gasteiger partial charge >= 0.3 is 0 Å². The smallest absolute Gasteiger partial charge is 0.156 e. The van der Waals surface area contributed by atoms with Crippen molar-refractivity contribution in [1.29, 1.82) is 0 Å².